The molecule has 1 unspecified atom stereocenters. The smallest absolute Gasteiger partial charge is 0.0898 e. The maximum atomic E-state index is 4.55. The average Bonchev–Trinajstić information content (AvgIpc) is 2.92. The molecule has 0 fully saturated rings. The summed E-state index contributed by atoms with van der Waals surface area (Å²) in [7, 11) is 0. The van der Waals surface area contributed by atoms with E-state index in [0.29, 0.717) is 0 Å². The number of aromatic nitrogens is 1. The molecule has 0 saturated carbocycles. The predicted octanol–water partition coefficient (Wildman–Crippen LogP) is 4.47. The van der Waals surface area contributed by atoms with Gasteiger partial charge in [-0.3, -0.25) is 4.90 Å². The molecule has 0 aliphatic rings. The molecule has 114 valence electrons. The first-order chi connectivity index (χ1) is 10.1. The zero-order chi connectivity index (χ0) is 15.2. The third kappa shape index (κ3) is 4.55. The van der Waals surface area contributed by atoms with Crippen LogP contribution in [0.5, 0.6) is 0 Å². The van der Waals surface area contributed by atoms with Gasteiger partial charge in [0.25, 0.3) is 0 Å². The summed E-state index contributed by atoms with van der Waals surface area (Å²) >= 11 is 1.70. The van der Waals surface area contributed by atoms with Gasteiger partial charge >= 0.3 is 0 Å². The Hall–Kier alpha value is -1.39. The zero-order valence-corrected chi connectivity index (χ0v) is 14.2. The first-order valence-corrected chi connectivity index (χ1v) is 8.50. The van der Waals surface area contributed by atoms with Gasteiger partial charge in [-0.25, -0.2) is 4.98 Å². The third-order valence-corrected chi connectivity index (χ3v) is 4.48. The van der Waals surface area contributed by atoms with Gasteiger partial charge in [0.15, 0.2) is 0 Å². The van der Waals surface area contributed by atoms with E-state index in [9.17, 15) is 0 Å². The molecule has 0 aliphatic heterocycles. The summed E-state index contributed by atoms with van der Waals surface area (Å²) in [5.74, 6) is 0. The molecule has 1 aromatic heterocycles. The van der Waals surface area contributed by atoms with Crippen molar-refractivity contribution in [1.29, 1.82) is 0 Å². The fraction of sp³-hybridized carbons (Fsp3) is 0.471. The fourth-order valence-corrected chi connectivity index (χ4v) is 3.07. The lowest BCUT2D eigenvalue weighted by Crippen LogP contribution is -2.22. The van der Waals surface area contributed by atoms with E-state index in [-0.39, 0.29) is 6.04 Å². The zero-order valence-electron chi connectivity index (χ0n) is 13.4. The Morgan fingerprint density at radius 2 is 2.05 bits per heavy atom. The second kappa shape index (κ2) is 7.57. The van der Waals surface area contributed by atoms with Crippen LogP contribution in [0.4, 0.5) is 5.69 Å². The predicted molar refractivity (Wildman–Crippen MR) is 92.0 cm³/mol. The Morgan fingerprint density at radius 1 is 1.29 bits per heavy atom. The molecule has 1 aromatic carbocycles. The number of thiazole rings is 1. The molecule has 0 amide bonds. The van der Waals surface area contributed by atoms with E-state index >= 15 is 0 Å². The highest BCUT2D eigenvalue weighted by atomic mass is 32.1. The van der Waals surface area contributed by atoms with Gasteiger partial charge in [0.1, 0.15) is 0 Å². The summed E-state index contributed by atoms with van der Waals surface area (Å²) in [4.78, 5) is 6.97. The van der Waals surface area contributed by atoms with Crippen molar-refractivity contribution in [1.82, 2.24) is 9.88 Å². The second-order valence-corrected chi connectivity index (χ2v) is 6.38. The third-order valence-electron chi connectivity index (χ3n) is 3.69. The molecule has 1 heterocycles. The van der Waals surface area contributed by atoms with E-state index in [1.807, 2.05) is 6.92 Å². The van der Waals surface area contributed by atoms with E-state index in [0.717, 1.165) is 36.0 Å². The number of nitrogens with one attached hydrogen (secondary N) is 1. The monoisotopic (exact) mass is 303 g/mol. The van der Waals surface area contributed by atoms with Crippen molar-refractivity contribution in [2.24, 2.45) is 0 Å². The fourth-order valence-electron chi connectivity index (χ4n) is 2.37. The largest absolute Gasteiger partial charge is 0.377 e. The van der Waals surface area contributed by atoms with Crippen LogP contribution in [-0.2, 0) is 6.54 Å². The summed E-state index contributed by atoms with van der Waals surface area (Å²) in [5.41, 5.74) is 3.63. The summed E-state index contributed by atoms with van der Waals surface area (Å²) in [5, 5.41) is 6.80. The van der Waals surface area contributed by atoms with E-state index < -0.39 is 0 Å². The lowest BCUT2D eigenvalue weighted by molar-refractivity contribution is 0.296. The molecular weight excluding hydrogens is 278 g/mol. The molecule has 21 heavy (non-hydrogen) atoms. The summed E-state index contributed by atoms with van der Waals surface area (Å²) in [6.07, 6.45) is 0. The molecule has 2 rings (SSSR count). The van der Waals surface area contributed by atoms with Crippen LogP contribution in [0.3, 0.4) is 0 Å². The van der Waals surface area contributed by atoms with Crippen LogP contribution in [0.2, 0.25) is 0 Å². The highest BCUT2D eigenvalue weighted by molar-refractivity contribution is 7.09. The first kappa shape index (κ1) is 16.0. The van der Waals surface area contributed by atoms with Crippen LogP contribution in [0, 0.1) is 6.92 Å². The standard InChI is InChI=1S/C17H25N3S/c1-5-20(6-2)11-15-8-7-9-16(10-15)18-13(3)17-12-21-14(4)19-17/h7-10,12-13,18H,5-6,11H2,1-4H3. The van der Waals surface area contributed by atoms with Crippen LogP contribution in [-0.4, -0.2) is 23.0 Å². The quantitative estimate of drug-likeness (QED) is 0.818. The summed E-state index contributed by atoms with van der Waals surface area (Å²) in [6.45, 7) is 11.8. The van der Waals surface area contributed by atoms with E-state index in [4.69, 9.17) is 0 Å². The van der Waals surface area contributed by atoms with Gasteiger partial charge in [0.05, 0.1) is 16.7 Å². The number of nitrogens with zero attached hydrogens (tertiary/aromatic N) is 2. The Balaban J connectivity index is 2.03. The number of hydrogen-bond donors (Lipinski definition) is 1. The van der Waals surface area contributed by atoms with E-state index in [1.54, 1.807) is 11.3 Å². The number of aryl methyl sites for hydroxylation is 1. The minimum Gasteiger partial charge on any atom is -0.377 e. The van der Waals surface area contributed by atoms with Crippen molar-refractivity contribution in [2.75, 3.05) is 18.4 Å². The molecule has 2 aromatic rings. The minimum atomic E-state index is 0.235. The van der Waals surface area contributed by atoms with Crippen LogP contribution >= 0.6 is 11.3 Å². The average molecular weight is 303 g/mol. The Morgan fingerprint density at radius 3 is 2.67 bits per heavy atom. The summed E-state index contributed by atoms with van der Waals surface area (Å²) in [6, 6.07) is 8.93. The summed E-state index contributed by atoms with van der Waals surface area (Å²) < 4.78 is 0. The molecule has 0 spiro atoms. The molecule has 0 radical (unpaired) electrons. The molecule has 0 aliphatic carbocycles. The molecule has 1 atom stereocenters. The maximum absolute atomic E-state index is 4.55. The van der Waals surface area contributed by atoms with Gasteiger partial charge in [0.2, 0.25) is 0 Å². The lowest BCUT2D eigenvalue weighted by atomic mass is 10.1. The molecule has 3 nitrogen and oxygen atoms in total. The number of benzene rings is 1. The molecule has 0 saturated heterocycles. The van der Waals surface area contributed by atoms with Crippen molar-refractivity contribution in [3.63, 3.8) is 0 Å². The van der Waals surface area contributed by atoms with Crippen molar-refractivity contribution in [3.8, 4) is 0 Å². The van der Waals surface area contributed by atoms with Crippen molar-refractivity contribution in [3.05, 3.63) is 45.9 Å². The van der Waals surface area contributed by atoms with Crippen LogP contribution in [0.15, 0.2) is 29.6 Å². The Labute approximate surface area is 132 Å². The Bertz CT molecular complexity index is 561. The van der Waals surface area contributed by atoms with Gasteiger partial charge in [0, 0.05) is 17.6 Å². The van der Waals surface area contributed by atoms with E-state index in [2.05, 4.69) is 65.6 Å². The number of anilines is 1. The first-order valence-electron chi connectivity index (χ1n) is 7.62. The minimum absolute atomic E-state index is 0.235. The normalized spacial score (nSPS) is 12.6. The molecule has 0 bridgehead atoms. The van der Waals surface area contributed by atoms with Gasteiger partial charge in [-0.1, -0.05) is 26.0 Å². The molecular formula is C17H25N3S. The van der Waals surface area contributed by atoms with Gasteiger partial charge in [-0.15, -0.1) is 11.3 Å². The van der Waals surface area contributed by atoms with Crippen LogP contribution in [0.1, 0.15) is 43.1 Å². The molecule has 4 heteroatoms. The number of rotatable bonds is 7. The van der Waals surface area contributed by atoms with Gasteiger partial charge < -0.3 is 5.32 Å². The topological polar surface area (TPSA) is 28.2 Å². The highest BCUT2D eigenvalue weighted by Crippen LogP contribution is 2.21. The van der Waals surface area contributed by atoms with Crippen molar-refractivity contribution >= 4 is 17.0 Å². The number of hydrogen-bond acceptors (Lipinski definition) is 4. The van der Waals surface area contributed by atoms with Crippen LogP contribution < -0.4 is 5.32 Å². The SMILES string of the molecule is CCN(CC)Cc1cccc(NC(C)c2csc(C)n2)c1. The second-order valence-electron chi connectivity index (χ2n) is 5.32. The van der Waals surface area contributed by atoms with Gasteiger partial charge in [-0.2, -0.15) is 0 Å². The molecule has 1 N–H and O–H groups in total. The Kier molecular flexibility index (Phi) is 5.76. The van der Waals surface area contributed by atoms with Crippen LogP contribution in [0.25, 0.3) is 0 Å². The highest BCUT2D eigenvalue weighted by Gasteiger charge is 2.09. The maximum Gasteiger partial charge on any atom is 0.0898 e. The van der Waals surface area contributed by atoms with Crippen molar-refractivity contribution < 1.29 is 0 Å². The van der Waals surface area contributed by atoms with Crippen molar-refractivity contribution in [2.45, 2.75) is 40.3 Å². The van der Waals surface area contributed by atoms with Gasteiger partial charge in [-0.05, 0) is 44.6 Å². The lowest BCUT2D eigenvalue weighted by Gasteiger charge is -2.19. The van der Waals surface area contributed by atoms with E-state index in [1.165, 1.54) is 5.56 Å².